The Hall–Kier alpha value is -1.35. The van der Waals surface area contributed by atoms with Gasteiger partial charge in [-0.3, -0.25) is 4.79 Å². The highest BCUT2D eigenvalue weighted by molar-refractivity contribution is 5.78. The van der Waals surface area contributed by atoms with Crippen molar-refractivity contribution in [1.82, 2.24) is 5.32 Å². The van der Waals surface area contributed by atoms with E-state index in [1.165, 1.54) is 19.3 Å². The maximum atomic E-state index is 11.8. The highest BCUT2D eigenvalue weighted by Crippen LogP contribution is 2.28. The lowest BCUT2D eigenvalue weighted by atomic mass is 9.83. The summed E-state index contributed by atoms with van der Waals surface area (Å²) in [4.78, 5) is 11.8. The zero-order valence-corrected chi connectivity index (χ0v) is 10.8. The Morgan fingerprint density at radius 3 is 2.61 bits per heavy atom. The fraction of sp³-hybridized carbons (Fsp3) is 0.533. The average Bonchev–Trinajstić information content (AvgIpc) is 2.33. The van der Waals surface area contributed by atoms with Crippen molar-refractivity contribution in [3.05, 3.63) is 35.4 Å². The summed E-state index contributed by atoms with van der Waals surface area (Å²) in [5.74, 6) is 0.955. The molecule has 0 unspecified atom stereocenters. The molecular formula is C15H22N2O. The van der Waals surface area contributed by atoms with Crippen LogP contribution in [0.1, 0.15) is 36.8 Å². The number of carbonyl (C=O) groups excluding carboxylic acids is 1. The summed E-state index contributed by atoms with van der Waals surface area (Å²) < 4.78 is 0. The molecule has 1 aliphatic carbocycles. The minimum absolute atomic E-state index is 0.107. The first-order chi connectivity index (χ1) is 8.79. The minimum Gasteiger partial charge on any atom is -0.356 e. The molecule has 98 valence electrons. The summed E-state index contributed by atoms with van der Waals surface area (Å²) >= 11 is 0. The van der Waals surface area contributed by atoms with Gasteiger partial charge >= 0.3 is 0 Å². The van der Waals surface area contributed by atoms with Gasteiger partial charge in [-0.25, -0.2) is 0 Å². The third-order valence-electron chi connectivity index (χ3n) is 3.79. The third kappa shape index (κ3) is 3.57. The molecule has 3 nitrogen and oxygen atoms in total. The summed E-state index contributed by atoms with van der Waals surface area (Å²) in [5.41, 5.74) is 7.76. The fourth-order valence-corrected chi connectivity index (χ4v) is 2.36. The number of hydrogen-bond donors (Lipinski definition) is 2. The highest BCUT2D eigenvalue weighted by Gasteiger charge is 2.16. The molecule has 3 heteroatoms. The van der Waals surface area contributed by atoms with Crippen LogP contribution in [0, 0.1) is 5.92 Å². The predicted molar refractivity (Wildman–Crippen MR) is 73.0 cm³/mol. The Bertz CT molecular complexity index is 399. The molecular weight excluding hydrogens is 224 g/mol. The summed E-state index contributed by atoms with van der Waals surface area (Å²) in [5, 5.41) is 3.00. The summed E-state index contributed by atoms with van der Waals surface area (Å²) in [7, 11) is 0. The second-order valence-corrected chi connectivity index (χ2v) is 5.09. The molecule has 2 rings (SSSR count). The van der Waals surface area contributed by atoms with Crippen molar-refractivity contribution in [3.63, 3.8) is 0 Å². The van der Waals surface area contributed by atoms with Crippen LogP contribution in [0.15, 0.2) is 24.3 Å². The zero-order chi connectivity index (χ0) is 12.8. The molecule has 1 amide bonds. The number of carbonyl (C=O) groups is 1. The normalized spacial score (nSPS) is 15.2. The molecule has 0 saturated heterocycles. The summed E-state index contributed by atoms with van der Waals surface area (Å²) in [6, 6.07) is 7.88. The van der Waals surface area contributed by atoms with Crippen LogP contribution in [-0.4, -0.2) is 12.5 Å². The molecule has 0 aromatic heterocycles. The van der Waals surface area contributed by atoms with Gasteiger partial charge in [0, 0.05) is 13.1 Å². The van der Waals surface area contributed by atoms with Crippen LogP contribution in [0.4, 0.5) is 0 Å². The monoisotopic (exact) mass is 246 g/mol. The number of hydrogen-bond acceptors (Lipinski definition) is 2. The van der Waals surface area contributed by atoms with E-state index in [0.717, 1.165) is 30.0 Å². The highest BCUT2D eigenvalue weighted by atomic mass is 16.1. The topological polar surface area (TPSA) is 55.1 Å². The number of rotatable bonds is 6. The van der Waals surface area contributed by atoms with Gasteiger partial charge in [-0.15, -0.1) is 0 Å². The van der Waals surface area contributed by atoms with Gasteiger partial charge in [-0.05, 0) is 23.5 Å². The van der Waals surface area contributed by atoms with Gasteiger partial charge in [0.25, 0.3) is 0 Å². The Morgan fingerprint density at radius 2 is 2.00 bits per heavy atom. The quantitative estimate of drug-likeness (QED) is 0.806. The second kappa shape index (κ2) is 6.55. The van der Waals surface area contributed by atoms with Crippen LogP contribution >= 0.6 is 0 Å². The summed E-state index contributed by atoms with van der Waals surface area (Å²) in [6.45, 7) is 1.31. The van der Waals surface area contributed by atoms with Crippen LogP contribution < -0.4 is 11.1 Å². The molecule has 1 saturated carbocycles. The van der Waals surface area contributed by atoms with Crippen molar-refractivity contribution in [3.8, 4) is 0 Å². The van der Waals surface area contributed by atoms with E-state index in [1.807, 2.05) is 24.3 Å². The standard InChI is InChI=1S/C15H22N2O/c16-11-14-7-2-1-6-13(14)10-15(18)17-9-8-12-4-3-5-12/h1-2,6-7,12H,3-5,8-11,16H2,(H,17,18). The Labute approximate surface area is 109 Å². The Balaban J connectivity index is 1.75. The van der Waals surface area contributed by atoms with Crippen LogP contribution in [0.3, 0.4) is 0 Å². The molecule has 0 heterocycles. The maximum absolute atomic E-state index is 11.8. The lowest BCUT2D eigenvalue weighted by molar-refractivity contribution is -0.120. The molecule has 0 radical (unpaired) electrons. The smallest absolute Gasteiger partial charge is 0.224 e. The number of nitrogens with two attached hydrogens (primary N) is 1. The average molecular weight is 246 g/mol. The molecule has 3 N–H and O–H groups in total. The first kappa shape index (κ1) is 13.1. The molecule has 1 aromatic rings. The van der Waals surface area contributed by atoms with Crippen molar-refractivity contribution in [2.45, 2.75) is 38.6 Å². The lowest BCUT2D eigenvalue weighted by Gasteiger charge is -2.25. The van der Waals surface area contributed by atoms with E-state index in [0.29, 0.717) is 13.0 Å². The second-order valence-electron chi connectivity index (χ2n) is 5.09. The van der Waals surface area contributed by atoms with Gasteiger partial charge in [0.1, 0.15) is 0 Å². The van der Waals surface area contributed by atoms with E-state index in [2.05, 4.69) is 5.32 Å². The molecule has 0 aliphatic heterocycles. The molecule has 0 atom stereocenters. The lowest BCUT2D eigenvalue weighted by Crippen LogP contribution is -2.29. The van der Waals surface area contributed by atoms with E-state index in [1.54, 1.807) is 0 Å². The van der Waals surface area contributed by atoms with E-state index < -0.39 is 0 Å². The van der Waals surface area contributed by atoms with Crippen LogP contribution in [0.2, 0.25) is 0 Å². The first-order valence-electron chi connectivity index (χ1n) is 6.83. The van der Waals surface area contributed by atoms with E-state index in [4.69, 9.17) is 5.73 Å². The van der Waals surface area contributed by atoms with Crippen molar-refractivity contribution in [1.29, 1.82) is 0 Å². The molecule has 1 aromatic carbocycles. The first-order valence-corrected chi connectivity index (χ1v) is 6.83. The zero-order valence-electron chi connectivity index (χ0n) is 10.8. The molecule has 0 spiro atoms. The SMILES string of the molecule is NCc1ccccc1CC(=O)NCCC1CCC1. The van der Waals surface area contributed by atoms with Gasteiger partial charge in [0.2, 0.25) is 5.91 Å². The molecule has 1 aliphatic rings. The largest absolute Gasteiger partial charge is 0.356 e. The van der Waals surface area contributed by atoms with Crippen molar-refractivity contribution in [2.24, 2.45) is 11.7 Å². The van der Waals surface area contributed by atoms with Gasteiger partial charge in [-0.2, -0.15) is 0 Å². The van der Waals surface area contributed by atoms with Crippen LogP contribution in [-0.2, 0) is 17.8 Å². The van der Waals surface area contributed by atoms with E-state index in [-0.39, 0.29) is 5.91 Å². The molecule has 0 bridgehead atoms. The third-order valence-corrected chi connectivity index (χ3v) is 3.79. The van der Waals surface area contributed by atoms with Crippen molar-refractivity contribution < 1.29 is 4.79 Å². The molecule has 1 fully saturated rings. The van der Waals surface area contributed by atoms with Gasteiger partial charge in [-0.1, -0.05) is 43.5 Å². The van der Waals surface area contributed by atoms with Crippen molar-refractivity contribution in [2.75, 3.05) is 6.54 Å². The van der Waals surface area contributed by atoms with Gasteiger partial charge in [0.15, 0.2) is 0 Å². The molecule has 18 heavy (non-hydrogen) atoms. The van der Waals surface area contributed by atoms with Gasteiger partial charge < -0.3 is 11.1 Å². The summed E-state index contributed by atoms with van der Waals surface area (Å²) in [6.07, 6.45) is 5.61. The van der Waals surface area contributed by atoms with Crippen LogP contribution in [0.5, 0.6) is 0 Å². The number of amides is 1. The fourth-order valence-electron chi connectivity index (χ4n) is 2.36. The predicted octanol–water partition coefficient (Wildman–Crippen LogP) is 1.99. The van der Waals surface area contributed by atoms with E-state index >= 15 is 0 Å². The van der Waals surface area contributed by atoms with E-state index in [9.17, 15) is 4.79 Å². The Morgan fingerprint density at radius 1 is 1.28 bits per heavy atom. The Kier molecular flexibility index (Phi) is 4.76. The number of benzene rings is 1. The maximum Gasteiger partial charge on any atom is 0.224 e. The van der Waals surface area contributed by atoms with Crippen molar-refractivity contribution >= 4 is 5.91 Å². The van der Waals surface area contributed by atoms with Gasteiger partial charge in [0.05, 0.1) is 6.42 Å². The van der Waals surface area contributed by atoms with Crippen LogP contribution in [0.25, 0.3) is 0 Å². The minimum atomic E-state index is 0.107. The number of nitrogens with one attached hydrogen (secondary N) is 1.